The van der Waals surface area contributed by atoms with Crippen LogP contribution < -0.4 is 4.74 Å². The number of benzene rings is 1. The quantitative estimate of drug-likeness (QED) is 0.589. The van der Waals surface area contributed by atoms with Crippen LogP contribution in [0.2, 0.25) is 0 Å². The van der Waals surface area contributed by atoms with E-state index in [1.54, 1.807) is 0 Å². The van der Waals surface area contributed by atoms with Gasteiger partial charge in [0.25, 0.3) is 0 Å². The van der Waals surface area contributed by atoms with E-state index in [4.69, 9.17) is 4.74 Å². The zero-order valence-corrected chi connectivity index (χ0v) is 15.7. The van der Waals surface area contributed by atoms with Gasteiger partial charge in [-0.25, -0.2) is 0 Å². The van der Waals surface area contributed by atoms with Crippen LogP contribution in [0.1, 0.15) is 84.3 Å². The average molecular weight is 312 g/mol. The van der Waals surface area contributed by atoms with E-state index in [0.717, 1.165) is 5.75 Å². The van der Waals surface area contributed by atoms with Crippen LogP contribution in [0.5, 0.6) is 5.75 Å². The molecule has 0 bridgehead atoms. The van der Waals surface area contributed by atoms with Gasteiger partial charge in [0.2, 0.25) is 0 Å². The Hall–Kier alpha value is -1.24. The van der Waals surface area contributed by atoms with Crippen LogP contribution in [0.3, 0.4) is 0 Å². The van der Waals surface area contributed by atoms with Crippen molar-refractivity contribution in [3.05, 3.63) is 41.0 Å². The summed E-state index contributed by atoms with van der Waals surface area (Å²) >= 11 is 0. The molecule has 1 heterocycles. The molecule has 0 spiro atoms. The van der Waals surface area contributed by atoms with Crippen molar-refractivity contribution < 1.29 is 4.74 Å². The Kier molecular flexibility index (Phi) is 4.11. The topological polar surface area (TPSA) is 9.23 Å². The van der Waals surface area contributed by atoms with Crippen molar-refractivity contribution in [3.63, 3.8) is 0 Å². The summed E-state index contributed by atoms with van der Waals surface area (Å²) in [6.07, 6.45) is 7.37. The van der Waals surface area contributed by atoms with Gasteiger partial charge in [0.15, 0.2) is 0 Å². The van der Waals surface area contributed by atoms with Gasteiger partial charge in [0.05, 0.1) is 0 Å². The summed E-state index contributed by atoms with van der Waals surface area (Å²) in [7, 11) is 0. The van der Waals surface area contributed by atoms with Crippen LogP contribution in [0.15, 0.2) is 29.8 Å². The van der Waals surface area contributed by atoms with Gasteiger partial charge in [-0.2, -0.15) is 0 Å². The number of hydrogen-bond donors (Lipinski definition) is 0. The second kappa shape index (κ2) is 5.69. The number of allylic oxidation sites excluding steroid dienone is 2. The van der Waals surface area contributed by atoms with Crippen molar-refractivity contribution in [1.82, 2.24) is 0 Å². The van der Waals surface area contributed by atoms with Crippen molar-refractivity contribution in [3.8, 4) is 5.75 Å². The van der Waals surface area contributed by atoms with Crippen LogP contribution in [0.4, 0.5) is 0 Å². The Morgan fingerprint density at radius 3 is 2.70 bits per heavy atom. The van der Waals surface area contributed by atoms with Gasteiger partial charge >= 0.3 is 0 Å². The summed E-state index contributed by atoms with van der Waals surface area (Å²) in [6.45, 7) is 13.8. The minimum Gasteiger partial charge on any atom is -0.487 e. The van der Waals surface area contributed by atoms with Gasteiger partial charge in [0.1, 0.15) is 11.4 Å². The normalized spacial score (nSPS) is 25.9. The van der Waals surface area contributed by atoms with E-state index in [0.29, 0.717) is 11.8 Å². The third kappa shape index (κ3) is 2.95. The first-order valence-electron chi connectivity index (χ1n) is 9.25. The molecule has 1 heteroatoms. The largest absolute Gasteiger partial charge is 0.487 e. The molecule has 1 aromatic carbocycles. The lowest BCUT2D eigenvalue weighted by Crippen LogP contribution is -2.45. The first kappa shape index (κ1) is 16.6. The molecule has 126 valence electrons. The molecule has 1 aromatic rings. The van der Waals surface area contributed by atoms with Gasteiger partial charge in [-0.15, -0.1) is 0 Å². The third-order valence-corrected chi connectivity index (χ3v) is 6.04. The van der Waals surface area contributed by atoms with E-state index >= 15 is 0 Å². The second-order valence-corrected chi connectivity index (χ2v) is 8.78. The van der Waals surface area contributed by atoms with Crippen LogP contribution in [0, 0.1) is 5.92 Å². The molecule has 1 aliphatic heterocycles. The molecule has 0 radical (unpaired) electrons. The Labute approximate surface area is 142 Å². The Bertz CT molecular complexity index is 621. The molecule has 1 aliphatic carbocycles. The molecular formula is C22H32O. The number of rotatable bonds is 3. The van der Waals surface area contributed by atoms with E-state index in [1.165, 1.54) is 42.4 Å². The first-order valence-corrected chi connectivity index (χ1v) is 9.25. The summed E-state index contributed by atoms with van der Waals surface area (Å²) in [6, 6.07) is 7.00. The predicted molar refractivity (Wildman–Crippen MR) is 98.3 cm³/mol. The molecule has 0 saturated carbocycles. The molecule has 0 unspecified atom stereocenters. The molecule has 23 heavy (non-hydrogen) atoms. The van der Waals surface area contributed by atoms with Crippen LogP contribution in [0.25, 0.3) is 0 Å². The highest BCUT2D eigenvalue weighted by atomic mass is 16.5. The first-order chi connectivity index (χ1) is 10.7. The molecule has 0 fully saturated rings. The van der Waals surface area contributed by atoms with Gasteiger partial charge in [-0.1, -0.05) is 51.0 Å². The third-order valence-electron chi connectivity index (χ3n) is 6.04. The summed E-state index contributed by atoms with van der Waals surface area (Å²) < 4.78 is 6.51. The number of fused-ring (bicyclic) bond motifs is 3. The van der Waals surface area contributed by atoms with E-state index in [9.17, 15) is 0 Å². The minimum atomic E-state index is -0.0810. The van der Waals surface area contributed by atoms with Crippen molar-refractivity contribution >= 4 is 0 Å². The number of ether oxygens (including phenoxy) is 1. The van der Waals surface area contributed by atoms with Crippen LogP contribution in [-0.2, 0) is 5.41 Å². The van der Waals surface area contributed by atoms with E-state index < -0.39 is 0 Å². The zero-order valence-electron chi connectivity index (χ0n) is 15.7. The lowest BCUT2D eigenvalue weighted by Gasteiger charge is -2.46. The van der Waals surface area contributed by atoms with Gasteiger partial charge in [0, 0.05) is 17.4 Å². The van der Waals surface area contributed by atoms with Crippen LogP contribution in [-0.4, -0.2) is 5.60 Å². The summed E-state index contributed by atoms with van der Waals surface area (Å²) in [5.41, 5.74) is 4.47. The highest BCUT2D eigenvalue weighted by Crippen LogP contribution is 2.51. The molecule has 0 amide bonds. The van der Waals surface area contributed by atoms with Crippen molar-refractivity contribution in [2.45, 2.75) is 84.2 Å². The van der Waals surface area contributed by atoms with Crippen molar-refractivity contribution in [2.75, 3.05) is 0 Å². The van der Waals surface area contributed by atoms with Gasteiger partial charge in [-0.05, 0) is 57.1 Å². The average Bonchev–Trinajstić information content (AvgIpc) is 2.45. The SMILES string of the molecule is CCCC(C)(C)c1ccc2c(c1)OC(C)(C)[C@@H]1CCC(C)=C[C@@H]21. The molecule has 2 aliphatic rings. The standard InChI is InChI=1S/C22H32O/c1-7-12-21(3,4)16-9-10-17-18-13-15(2)8-11-19(18)22(5,6)23-20(17)14-16/h9-10,13-14,18-19H,7-8,11-12H2,1-6H3/t18-,19+/m0/s1. The molecule has 0 saturated heterocycles. The van der Waals surface area contributed by atoms with Crippen molar-refractivity contribution in [2.24, 2.45) is 5.92 Å². The fourth-order valence-electron chi connectivity index (χ4n) is 4.60. The lowest BCUT2D eigenvalue weighted by molar-refractivity contribution is 0.0115. The maximum atomic E-state index is 6.51. The van der Waals surface area contributed by atoms with E-state index in [-0.39, 0.29) is 11.0 Å². The van der Waals surface area contributed by atoms with Crippen molar-refractivity contribution in [1.29, 1.82) is 0 Å². The summed E-state index contributed by atoms with van der Waals surface area (Å²) in [5, 5.41) is 0. The Morgan fingerprint density at radius 2 is 2.00 bits per heavy atom. The fraction of sp³-hybridized carbons (Fsp3) is 0.636. The van der Waals surface area contributed by atoms with Gasteiger partial charge in [-0.3, -0.25) is 0 Å². The second-order valence-electron chi connectivity index (χ2n) is 8.78. The van der Waals surface area contributed by atoms with Crippen LogP contribution >= 0.6 is 0 Å². The maximum absolute atomic E-state index is 6.51. The zero-order chi connectivity index (χ0) is 16.8. The Morgan fingerprint density at radius 1 is 1.26 bits per heavy atom. The Balaban J connectivity index is 2.05. The lowest BCUT2D eigenvalue weighted by atomic mass is 9.67. The minimum absolute atomic E-state index is 0.0810. The molecule has 0 N–H and O–H groups in total. The molecule has 1 nitrogen and oxygen atoms in total. The number of hydrogen-bond acceptors (Lipinski definition) is 1. The van der Waals surface area contributed by atoms with E-state index in [1.807, 2.05) is 0 Å². The fourth-order valence-corrected chi connectivity index (χ4v) is 4.60. The summed E-state index contributed by atoms with van der Waals surface area (Å²) in [4.78, 5) is 0. The highest BCUT2D eigenvalue weighted by Gasteiger charge is 2.44. The smallest absolute Gasteiger partial charge is 0.124 e. The van der Waals surface area contributed by atoms with E-state index in [2.05, 4.69) is 65.8 Å². The molecule has 2 atom stereocenters. The molecular weight excluding hydrogens is 280 g/mol. The predicted octanol–water partition coefficient (Wildman–Crippen LogP) is 6.38. The monoisotopic (exact) mass is 312 g/mol. The highest BCUT2D eigenvalue weighted by molar-refractivity contribution is 5.47. The maximum Gasteiger partial charge on any atom is 0.124 e. The molecule has 0 aromatic heterocycles. The molecule has 3 rings (SSSR count). The van der Waals surface area contributed by atoms with Gasteiger partial charge < -0.3 is 4.74 Å². The summed E-state index contributed by atoms with van der Waals surface area (Å²) in [5.74, 6) is 2.22.